The molecule has 0 saturated carbocycles. The van der Waals surface area contributed by atoms with Crippen molar-refractivity contribution in [2.24, 2.45) is 0 Å². The van der Waals surface area contributed by atoms with Crippen molar-refractivity contribution in [1.29, 1.82) is 0 Å². The molecule has 0 atom stereocenters. The molecule has 1 N–H and O–H groups in total. The molecular weight excluding hydrogens is 400 g/mol. The smallest absolute Gasteiger partial charge is 0.235 e. The largest absolute Gasteiger partial charge is 0.464 e. The lowest BCUT2D eigenvalue weighted by atomic mass is 10.0. The zero-order chi connectivity index (χ0) is 22.3. The average Bonchev–Trinajstić information content (AvgIpc) is 3.20. The van der Waals surface area contributed by atoms with Crippen LogP contribution in [0.2, 0.25) is 0 Å². The number of furan rings is 1. The number of carbonyl (C=O) groups is 2. The molecule has 162 valence electrons. The number of hydrogen-bond acceptors (Lipinski definition) is 3. The van der Waals surface area contributed by atoms with Gasteiger partial charge in [0.15, 0.2) is 0 Å². The fraction of sp³-hybridized carbons (Fsp3) is 0.185. The molecule has 0 aliphatic heterocycles. The van der Waals surface area contributed by atoms with E-state index in [0.29, 0.717) is 6.54 Å². The third-order valence-corrected chi connectivity index (χ3v) is 5.35. The van der Waals surface area contributed by atoms with E-state index < -0.39 is 0 Å². The van der Waals surface area contributed by atoms with Gasteiger partial charge in [-0.15, -0.1) is 0 Å². The first-order valence-electron chi connectivity index (χ1n) is 10.8. The van der Waals surface area contributed by atoms with Crippen molar-refractivity contribution in [2.75, 3.05) is 11.4 Å². The summed E-state index contributed by atoms with van der Waals surface area (Å²) in [6, 6.07) is 25.3. The second-order valence-corrected chi connectivity index (χ2v) is 7.75. The molecule has 0 fully saturated rings. The molecule has 1 aromatic heterocycles. The highest BCUT2D eigenvalue weighted by atomic mass is 16.3. The van der Waals surface area contributed by atoms with Gasteiger partial charge in [-0.25, -0.2) is 0 Å². The van der Waals surface area contributed by atoms with Crippen molar-refractivity contribution in [3.8, 4) is 0 Å². The molecule has 0 spiro atoms. The fourth-order valence-electron chi connectivity index (χ4n) is 3.82. The number of nitrogens with one attached hydrogen (secondary N) is 1. The third kappa shape index (κ3) is 5.06. The van der Waals surface area contributed by atoms with Crippen molar-refractivity contribution < 1.29 is 14.0 Å². The van der Waals surface area contributed by atoms with Gasteiger partial charge in [0.25, 0.3) is 0 Å². The van der Waals surface area contributed by atoms with Gasteiger partial charge in [0.2, 0.25) is 11.8 Å². The van der Waals surface area contributed by atoms with E-state index in [1.165, 1.54) is 6.92 Å². The highest BCUT2D eigenvalue weighted by molar-refractivity contribution is 6.01. The second-order valence-electron chi connectivity index (χ2n) is 7.75. The van der Waals surface area contributed by atoms with E-state index in [2.05, 4.69) is 5.32 Å². The van der Waals surface area contributed by atoms with Crippen molar-refractivity contribution >= 4 is 34.2 Å². The molecule has 4 rings (SSSR count). The molecule has 0 aliphatic carbocycles. The Morgan fingerprint density at radius 3 is 2.19 bits per heavy atom. The summed E-state index contributed by atoms with van der Waals surface area (Å²) in [4.78, 5) is 26.2. The van der Waals surface area contributed by atoms with E-state index in [-0.39, 0.29) is 18.2 Å². The van der Waals surface area contributed by atoms with Crippen molar-refractivity contribution in [3.63, 3.8) is 0 Å². The Morgan fingerprint density at radius 2 is 1.56 bits per heavy atom. The van der Waals surface area contributed by atoms with E-state index in [0.717, 1.165) is 46.3 Å². The summed E-state index contributed by atoms with van der Waals surface area (Å²) in [5.41, 5.74) is 4.50. The zero-order valence-corrected chi connectivity index (χ0v) is 18.1. The fourth-order valence-corrected chi connectivity index (χ4v) is 3.82. The SMILES string of the molecule is CC(=O)NCCCc1coc2ccc(CC(=O)N(c3ccccc3)c3ccccc3)cc12. The molecule has 0 unspecified atom stereocenters. The minimum atomic E-state index is -0.0239. The summed E-state index contributed by atoms with van der Waals surface area (Å²) in [5.74, 6) is -0.0262. The van der Waals surface area contributed by atoms with Crippen LogP contribution in [0, 0.1) is 0 Å². The number of para-hydroxylation sites is 2. The first kappa shape index (κ1) is 21.4. The van der Waals surface area contributed by atoms with Crippen LogP contribution in [0.1, 0.15) is 24.5 Å². The summed E-state index contributed by atoms with van der Waals surface area (Å²) in [7, 11) is 0. The first-order valence-corrected chi connectivity index (χ1v) is 10.8. The monoisotopic (exact) mass is 426 g/mol. The normalized spacial score (nSPS) is 10.8. The zero-order valence-electron chi connectivity index (χ0n) is 18.1. The molecule has 2 amide bonds. The molecule has 0 radical (unpaired) electrons. The van der Waals surface area contributed by atoms with Crippen LogP contribution in [0.3, 0.4) is 0 Å². The molecule has 1 heterocycles. The lowest BCUT2D eigenvalue weighted by Gasteiger charge is -2.23. The number of rotatable bonds is 8. The average molecular weight is 427 g/mol. The van der Waals surface area contributed by atoms with E-state index in [4.69, 9.17) is 4.42 Å². The van der Waals surface area contributed by atoms with Crippen LogP contribution in [-0.2, 0) is 22.4 Å². The Hall–Kier alpha value is -3.86. The molecule has 3 aromatic carbocycles. The predicted octanol–water partition coefficient (Wildman–Crippen LogP) is 5.41. The Balaban J connectivity index is 1.55. The van der Waals surface area contributed by atoms with Gasteiger partial charge in [0.05, 0.1) is 12.7 Å². The lowest BCUT2D eigenvalue weighted by Crippen LogP contribution is -2.27. The number of fused-ring (bicyclic) bond motifs is 1. The number of amides is 2. The summed E-state index contributed by atoms with van der Waals surface area (Å²) >= 11 is 0. The number of anilines is 2. The van der Waals surface area contributed by atoms with E-state index in [1.807, 2.05) is 78.9 Å². The van der Waals surface area contributed by atoms with Crippen LogP contribution in [-0.4, -0.2) is 18.4 Å². The van der Waals surface area contributed by atoms with Gasteiger partial charge in [-0.3, -0.25) is 14.5 Å². The van der Waals surface area contributed by atoms with Crippen molar-refractivity contribution in [1.82, 2.24) is 5.32 Å². The van der Waals surface area contributed by atoms with E-state index in [1.54, 1.807) is 11.2 Å². The van der Waals surface area contributed by atoms with Gasteiger partial charge in [0.1, 0.15) is 5.58 Å². The number of nitrogens with zero attached hydrogens (tertiary/aromatic N) is 1. The van der Waals surface area contributed by atoms with Gasteiger partial charge in [-0.1, -0.05) is 42.5 Å². The van der Waals surface area contributed by atoms with E-state index in [9.17, 15) is 9.59 Å². The Kier molecular flexibility index (Phi) is 6.66. The third-order valence-electron chi connectivity index (χ3n) is 5.35. The standard InChI is InChI=1S/C27H26N2O3/c1-20(30)28-16-8-9-22-19-32-26-15-14-21(17-25(22)26)18-27(31)29(23-10-4-2-5-11-23)24-12-6-3-7-13-24/h2-7,10-15,17,19H,8-9,16,18H2,1H3,(H,28,30). The molecule has 5 nitrogen and oxygen atoms in total. The van der Waals surface area contributed by atoms with Gasteiger partial charge in [-0.2, -0.15) is 0 Å². The molecule has 5 heteroatoms. The number of aryl methyl sites for hydroxylation is 1. The van der Waals surface area contributed by atoms with Crippen molar-refractivity contribution in [3.05, 3.63) is 96.3 Å². The molecule has 0 aliphatic rings. The van der Waals surface area contributed by atoms with E-state index >= 15 is 0 Å². The summed E-state index contributed by atoms with van der Waals surface area (Å²) in [6.07, 6.45) is 3.67. The highest BCUT2D eigenvalue weighted by Crippen LogP contribution is 2.28. The first-order chi connectivity index (χ1) is 15.6. The Labute approximate surface area is 187 Å². The predicted molar refractivity (Wildman–Crippen MR) is 127 cm³/mol. The van der Waals surface area contributed by atoms with Crippen molar-refractivity contribution in [2.45, 2.75) is 26.2 Å². The quantitative estimate of drug-likeness (QED) is 0.383. The molecule has 4 aromatic rings. The molecule has 0 saturated heterocycles. The Bertz CT molecular complexity index is 1160. The van der Waals surface area contributed by atoms with Crippen LogP contribution in [0.4, 0.5) is 11.4 Å². The number of carbonyl (C=O) groups excluding carboxylic acids is 2. The number of hydrogen-bond donors (Lipinski definition) is 1. The summed E-state index contributed by atoms with van der Waals surface area (Å²) < 4.78 is 5.69. The second kappa shape index (κ2) is 9.96. The maximum Gasteiger partial charge on any atom is 0.235 e. The van der Waals surface area contributed by atoms with Gasteiger partial charge in [-0.05, 0) is 60.4 Å². The minimum absolute atomic E-state index is 0.00236. The molecule has 32 heavy (non-hydrogen) atoms. The van der Waals surface area contributed by atoms with Crippen LogP contribution >= 0.6 is 0 Å². The topological polar surface area (TPSA) is 62.6 Å². The highest BCUT2D eigenvalue weighted by Gasteiger charge is 2.19. The minimum Gasteiger partial charge on any atom is -0.464 e. The van der Waals surface area contributed by atoms with Crippen LogP contribution in [0.25, 0.3) is 11.0 Å². The molecule has 0 bridgehead atoms. The van der Waals surface area contributed by atoms with Crippen LogP contribution < -0.4 is 10.2 Å². The summed E-state index contributed by atoms with van der Waals surface area (Å²) in [5, 5.41) is 3.84. The lowest BCUT2D eigenvalue weighted by molar-refractivity contribution is -0.119. The Morgan fingerprint density at radius 1 is 0.906 bits per heavy atom. The number of benzene rings is 3. The maximum absolute atomic E-state index is 13.4. The van der Waals surface area contributed by atoms with Gasteiger partial charge in [0, 0.05) is 30.2 Å². The maximum atomic E-state index is 13.4. The molecular formula is C27H26N2O3. The van der Waals surface area contributed by atoms with Gasteiger partial charge < -0.3 is 9.73 Å². The van der Waals surface area contributed by atoms with Gasteiger partial charge >= 0.3 is 0 Å². The summed E-state index contributed by atoms with van der Waals surface area (Å²) in [6.45, 7) is 2.15. The van der Waals surface area contributed by atoms with Crippen LogP contribution in [0.5, 0.6) is 0 Å². The van der Waals surface area contributed by atoms with Crippen LogP contribution in [0.15, 0.2) is 89.5 Å².